The Bertz CT molecular complexity index is 2320. The second-order valence-electron chi connectivity index (χ2n) is 15.8. The summed E-state index contributed by atoms with van der Waals surface area (Å²) in [7, 11) is 3.99. The minimum absolute atomic E-state index is 0.0357. The Morgan fingerprint density at radius 2 is 1.10 bits per heavy atom. The molecule has 8 rings (SSSR count). The Kier molecular flexibility index (Phi) is 17.1. The van der Waals surface area contributed by atoms with E-state index in [1.807, 2.05) is 160 Å². The molecule has 2 aliphatic rings. The van der Waals surface area contributed by atoms with Crippen LogP contribution in [0.2, 0.25) is 0 Å². The SMILES string of the molecule is CN1C(c2ccccc2)C(c2ccccc2)OC(=O)[C@H]1C/C=C/c1ccccc1.CN1CC(=O)OC(c2ccccc2)C1c1ccccc1.NC(CCCc1ccccc1)C(=O)O. The largest absolute Gasteiger partial charge is 0.480 e. The van der Waals surface area contributed by atoms with Crippen LogP contribution in [0.4, 0.5) is 0 Å². The first kappa shape index (κ1) is 45.9. The van der Waals surface area contributed by atoms with Gasteiger partial charge in [-0.1, -0.05) is 194 Å². The monoisotopic (exact) mass is 843 g/mol. The summed E-state index contributed by atoms with van der Waals surface area (Å²) < 4.78 is 11.6. The highest BCUT2D eigenvalue weighted by atomic mass is 16.6. The summed E-state index contributed by atoms with van der Waals surface area (Å²) in [6.45, 7) is 0.322. The summed E-state index contributed by atoms with van der Waals surface area (Å²) in [6, 6.07) is 59.5. The van der Waals surface area contributed by atoms with Gasteiger partial charge in [0.25, 0.3) is 0 Å². The number of ether oxygens (including phenoxy) is 2. The van der Waals surface area contributed by atoms with Crippen molar-refractivity contribution in [2.24, 2.45) is 5.73 Å². The molecule has 2 saturated heterocycles. The van der Waals surface area contributed by atoms with Crippen molar-refractivity contribution in [1.29, 1.82) is 0 Å². The highest BCUT2D eigenvalue weighted by molar-refractivity contribution is 5.78. The van der Waals surface area contributed by atoms with E-state index in [1.165, 1.54) is 5.56 Å². The number of carbonyl (C=O) groups excluding carboxylic acids is 2. The van der Waals surface area contributed by atoms with Crippen molar-refractivity contribution < 1.29 is 29.0 Å². The van der Waals surface area contributed by atoms with Crippen molar-refractivity contribution in [2.45, 2.75) is 62.1 Å². The van der Waals surface area contributed by atoms with E-state index in [-0.39, 0.29) is 42.3 Å². The van der Waals surface area contributed by atoms with Gasteiger partial charge < -0.3 is 20.3 Å². The Labute approximate surface area is 371 Å². The van der Waals surface area contributed by atoms with E-state index >= 15 is 0 Å². The van der Waals surface area contributed by atoms with E-state index in [0.717, 1.165) is 40.7 Å². The number of aliphatic carboxylic acids is 1. The van der Waals surface area contributed by atoms with Crippen molar-refractivity contribution in [3.63, 3.8) is 0 Å². The van der Waals surface area contributed by atoms with Gasteiger partial charge in [-0.2, -0.15) is 0 Å². The smallest absolute Gasteiger partial charge is 0.324 e. The number of morpholine rings is 2. The second kappa shape index (κ2) is 23.5. The molecular formula is C54H57N3O6. The number of carbonyl (C=O) groups is 3. The van der Waals surface area contributed by atoms with E-state index in [2.05, 4.69) is 58.4 Å². The van der Waals surface area contributed by atoms with Gasteiger partial charge in [0.2, 0.25) is 0 Å². The fraction of sp³-hybridized carbons (Fsp3) is 0.241. The predicted octanol–water partition coefficient (Wildman–Crippen LogP) is 9.81. The van der Waals surface area contributed by atoms with Gasteiger partial charge >= 0.3 is 17.9 Å². The van der Waals surface area contributed by atoms with E-state index < -0.39 is 12.0 Å². The van der Waals surface area contributed by atoms with Gasteiger partial charge in [-0.25, -0.2) is 0 Å². The molecule has 0 amide bonds. The van der Waals surface area contributed by atoms with Crippen LogP contribution < -0.4 is 5.73 Å². The molecule has 0 bridgehead atoms. The first-order valence-electron chi connectivity index (χ1n) is 21.5. The van der Waals surface area contributed by atoms with Crippen molar-refractivity contribution >= 4 is 24.0 Å². The zero-order chi connectivity index (χ0) is 44.4. The predicted molar refractivity (Wildman–Crippen MR) is 248 cm³/mol. The van der Waals surface area contributed by atoms with Gasteiger partial charge in [-0.15, -0.1) is 0 Å². The van der Waals surface area contributed by atoms with Gasteiger partial charge in [0.1, 0.15) is 24.3 Å². The number of nitrogens with two attached hydrogens (primary N) is 1. The van der Waals surface area contributed by atoms with Gasteiger partial charge in [0.05, 0.1) is 18.6 Å². The summed E-state index contributed by atoms with van der Waals surface area (Å²) in [5, 5.41) is 8.55. The van der Waals surface area contributed by atoms with Crippen LogP contribution in [0.1, 0.15) is 76.9 Å². The lowest BCUT2D eigenvalue weighted by molar-refractivity contribution is -0.173. The lowest BCUT2D eigenvalue weighted by atomic mass is 9.91. The van der Waals surface area contributed by atoms with Crippen LogP contribution in [0.15, 0.2) is 188 Å². The van der Waals surface area contributed by atoms with Crippen LogP contribution in [0, 0.1) is 0 Å². The summed E-state index contributed by atoms with van der Waals surface area (Å²) in [5.41, 5.74) is 12.1. The van der Waals surface area contributed by atoms with Crippen molar-refractivity contribution in [2.75, 3.05) is 20.6 Å². The Morgan fingerprint density at radius 3 is 1.60 bits per heavy atom. The summed E-state index contributed by atoms with van der Waals surface area (Å²) >= 11 is 0. The highest BCUT2D eigenvalue weighted by Crippen LogP contribution is 2.42. The second-order valence-corrected chi connectivity index (χ2v) is 15.8. The van der Waals surface area contributed by atoms with Gasteiger partial charge in [0.15, 0.2) is 0 Å². The van der Waals surface area contributed by atoms with Crippen LogP contribution in [-0.4, -0.2) is 65.5 Å². The maximum atomic E-state index is 12.9. The third-order valence-electron chi connectivity index (χ3n) is 11.3. The van der Waals surface area contributed by atoms with E-state index in [0.29, 0.717) is 19.4 Å². The normalized spacial score (nSPS) is 20.5. The number of aryl methyl sites for hydroxylation is 1. The number of rotatable bonds is 12. The summed E-state index contributed by atoms with van der Waals surface area (Å²) in [5.74, 6) is -1.27. The molecular weight excluding hydrogens is 787 g/mol. The van der Waals surface area contributed by atoms with Gasteiger partial charge in [0, 0.05) is 0 Å². The number of carboxylic acids is 1. The average Bonchev–Trinajstić information content (AvgIpc) is 3.32. The molecule has 9 nitrogen and oxygen atoms in total. The number of esters is 2. The zero-order valence-corrected chi connectivity index (χ0v) is 35.9. The van der Waals surface area contributed by atoms with Crippen LogP contribution >= 0.6 is 0 Å². The highest BCUT2D eigenvalue weighted by Gasteiger charge is 2.43. The van der Waals surface area contributed by atoms with Crippen LogP contribution in [0.25, 0.3) is 6.08 Å². The molecule has 2 aliphatic heterocycles. The third kappa shape index (κ3) is 13.2. The number of nitrogens with zero attached hydrogens (tertiary/aromatic N) is 2. The molecule has 0 aromatic heterocycles. The molecule has 9 heteroatoms. The molecule has 0 radical (unpaired) electrons. The maximum absolute atomic E-state index is 12.9. The van der Waals surface area contributed by atoms with Crippen LogP contribution in [0.5, 0.6) is 0 Å². The van der Waals surface area contributed by atoms with E-state index in [1.54, 1.807) is 0 Å². The fourth-order valence-corrected chi connectivity index (χ4v) is 8.00. The molecule has 6 atom stereocenters. The number of hydrogen-bond donors (Lipinski definition) is 2. The first-order valence-corrected chi connectivity index (χ1v) is 21.5. The van der Waals surface area contributed by atoms with Gasteiger partial charge in [-0.05, 0) is 73.2 Å². The summed E-state index contributed by atoms with van der Waals surface area (Å²) in [4.78, 5) is 39.3. The quantitative estimate of drug-likeness (QED) is 0.116. The Hall–Kier alpha value is -6.65. The fourth-order valence-electron chi connectivity index (χ4n) is 8.00. The molecule has 6 aromatic rings. The molecule has 2 fully saturated rings. The van der Waals surface area contributed by atoms with Crippen LogP contribution in [0.3, 0.4) is 0 Å². The number of cyclic esters (lactones) is 2. The minimum Gasteiger partial charge on any atom is -0.480 e. The molecule has 2 heterocycles. The van der Waals surface area contributed by atoms with Gasteiger partial charge in [-0.3, -0.25) is 24.2 Å². The molecule has 63 heavy (non-hydrogen) atoms. The van der Waals surface area contributed by atoms with E-state index in [4.69, 9.17) is 20.3 Å². The van der Waals surface area contributed by atoms with Crippen molar-refractivity contribution in [3.05, 3.63) is 221 Å². The molecule has 324 valence electrons. The number of hydrogen-bond acceptors (Lipinski definition) is 8. The molecule has 0 saturated carbocycles. The molecule has 5 unspecified atom stereocenters. The molecule has 3 N–H and O–H groups in total. The maximum Gasteiger partial charge on any atom is 0.324 e. The number of likely N-dealkylation sites (N-methyl/N-ethyl adjacent to an activating group) is 2. The molecule has 6 aromatic carbocycles. The van der Waals surface area contributed by atoms with Crippen LogP contribution in [-0.2, 0) is 30.3 Å². The number of carboxylic acid groups (broad SMARTS) is 1. The standard InChI is InChI=1S/C26H25NO2.C17H17NO2.C11H15NO2/c1-27-23(19-11-14-20-12-5-2-6-13-20)26(28)29-25(22-17-9-4-10-18-22)24(27)21-15-7-3-8-16-21;1-18-12-15(19)20-17(14-10-6-3-7-11-14)16(18)13-8-4-2-5-9-13;12-10(11(13)14)8-4-7-9-5-2-1-3-6-9/h2-18,23-25H,19H2,1H3;2-11,16-17H,12H2,1H3;1-3,5-6,10H,4,7-8,12H2,(H,13,14)/b14-11+;;/t23-,24?,25?;;/m1../s1. The molecule has 0 aliphatic carbocycles. The lowest BCUT2D eigenvalue weighted by Crippen LogP contribution is -2.49. The average molecular weight is 844 g/mol. The van der Waals surface area contributed by atoms with E-state index in [9.17, 15) is 14.4 Å². The zero-order valence-electron chi connectivity index (χ0n) is 35.9. The summed E-state index contributed by atoms with van der Waals surface area (Å²) in [6.07, 6.45) is 6.37. The first-order chi connectivity index (χ1) is 30.7. The Balaban J connectivity index is 0.000000169. The van der Waals surface area contributed by atoms with Crippen molar-refractivity contribution in [1.82, 2.24) is 9.80 Å². The van der Waals surface area contributed by atoms with Crippen molar-refractivity contribution in [3.8, 4) is 0 Å². The topological polar surface area (TPSA) is 122 Å². The minimum atomic E-state index is -0.918. The molecule has 0 spiro atoms. The lowest BCUT2D eigenvalue weighted by Gasteiger charge is -2.43. The third-order valence-corrected chi connectivity index (χ3v) is 11.3. The Morgan fingerprint density at radius 1 is 0.651 bits per heavy atom. The number of benzene rings is 6.